The number of nitrogens with one attached hydrogen (secondary N) is 2. The van der Waals surface area contributed by atoms with E-state index in [4.69, 9.17) is 0 Å². The zero-order chi connectivity index (χ0) is 18.8. The van der Waals surface area contributed by atoms with E-state index in [0.717, 1.165) is 31.5 Å². The van der Waals surface area contributed by atoms with Gasteiger partial charge < -0.3 is 19.8 Å². The first kappa shape index (κ1) is 17.5. The minimum absolute atomic E-state index is 0.116. The molecule has 27 heavy (non-hydrogen) atoms. The van der Waals surface area contributed by atoms with Crippen LogP contribution in [0.1, 0.15) is 43.7 Å². The highest BCUT2D eigenvalue weighted by Gasteiger charge is 2.30. The molecule has 1 aliphatic rings. The smallest absolute Gasteiger partial charge is 0.318 e. The Balaban J connectivity index is 1.51. The summed E-state index contributed by atoms with van der Waals surface area (Å²) in [6.45, 7) is 3.96. The first-order valence-corrected chi connectivity index (χ1v) is 9.34. The van der Waals surface area contributed by atoms with E-state index in [0.29, 0.717) is 29.9 Å². The molecule has 0 spiro atoms. The second kappa shape index (κ2) is 7.38. The summed E-state index contributed by atoms with van der Waals surface area (Å²) < 4.78 is 15.5. The summed E-state index contributed by atoms with van der Waals surface area (Å²) in [5.41, 5.74) is 2.34. The second-order valence-electron chi connectivity index (χ2n) is 6.82. The Morgan fingerprint density at radius 2 is 2.30 bits per heavy atom. The van der Waals surface area contributed by atoms with Gasteiger partial charge in [0.05, 0.1) is 35.6 Å². The third-order valence-electron chi connectivity index (χ3n) is 5.10. The van der Waals surface area contributed by atoms with Crippen LogP contribution in [-0.4, -0.2) is 37.0 Å². The highest BCUT2D eigenvalue weighted by Crippen LogP contribution is 2.30. The molecule has 3 aromatic rings. The number of likely N-dealkylation sites (tertiary alicyclic amines) is 1. The normalized spacial score (nSPS) is 17.4. The van der Waals surface area contributed by atoms with Crippen LogP contribution in [0.3, 0.4) is 0 Å². The molecule has 0 aliphatic carbocycles. The number of H-pyrrole nitrogens is 1. The summed E-state index contributed by atoms with van der Waals surface area (Å²) >= 11 is 0. The summed E-state index contributed by atoms with van der Waals surface area (Å²) in [5, 5.41) is 3.00. The van der Waals surface area contributed by atoms with Gasteiger partial charge in [-0.15, -0.1) is 0 Å². The van der Waals surface area contributed by atoms with Crippen molar-refractivity contribution in [2.75, 3.05) is 6.54 Å². The van der Waals surface area contributed by atoms with Crippen LogP contribution in [0.25, 0.3) is 11.0 Å². The van der Waals surface area contributed by atoms with Gasteiger partial charge in [-0.1, -0.05) is 0 Å². The standard InChI is InChI=1S/C19H23FN6O/c1-2-25-12-21-10-14(25)11-22-19(27)26-8-4-3-5-17(26)18-23-15-7-6-13(20)9-16(15)24-18/h6-7,9-10,12,17H,2-5,8,11H2,1H3,(H,22,27)(H,23,24)/t17-/m1/s1. The van der Waals surface area contributed by atoms with E-state index in [1.165, 1.54) is 12.1 Å². The maximum absolute atomic E-state index is 13.5. The number of benzene rings is 1. The van der Waals surface area contributed by atoms with Crippen molar-refractivity contribution in [2.24, 2.45) is 0 Å². The lowest BCUT2D eigenvalue weighted by Crippen LogP contribution is -2.44. The number of halogens is 1. The third kappa shape index (κ3) is 3.51. The Hall–Kier alpha value is -2.90. The summed E-state index contributed by atoms with van der Waals surface area (Å²) in [5.74, 6) is 0.410. The Labute approximate surface area is 156 Å². The average molecular weight is 370 g/mol. The number of carbonyl (C=O) groups is 1. The molecule has 3 heterocycles. The van der Waals surface area contributed by atoms with E-state index in [1.807, 2.05) is 16.4 Å². The molecule has 2 amide bonds. The van der Waals surface area contributed by atoms with Gasteiger partial charge in [0.15, 0.2) is 0 Å². The largest absolute Gasteiger partial charge is 0.340 e. The van der Waals surface area contributed by atoms with Gasteiger partial charge in [0.1, 0.15) is 11.6 Å². The number of amides is 2. The van der Waals surface area contributed by atoms with Crippen LogP contribution in [0.2, 0.25) is 0 Å². The highest BCUT2D eigenvalue weighted by atomic mass is 19.1. The van der Waals surface area contributed by atoms with Crippen molar-refractivity contribution < 1.29 is 9.18 Å². The number of nitrogens with zero attached hydrogens (tertiary/aromatic N) is 4. The molecule has 0 unspecified atom stereocenters. The molecule has 142 valence electrons. The second-order valence-corrected chi connectivity index (χ2v) is 6.82. The number of aryl methyl sites for hydroxylation is 1. The monoisotopic (exact) mass is 370 g/mol. The van der Waals surface area contributed by atoms with E-state index in [-0.39, 0.29) is 17.9 Å². The van der Waals surface area contributed by atoms with Crippen molar-refractivity contribution in [1.29, 1.82) is 0 Å². The Morgan fingerprint density at radius 3 is 3.15 bits per heavy atom. The lowest BCUT2D eigenvalue weighted by molar-refractivity contribution is 0.147. The van der Waals surface area contributed by atoms with Crippen LogP contribution in [0.5, 0.6) is 0 Å². The number of hydrogen-bond donors (Lipinski definition) is 2. The molecule has 1 aliphatic heterocycles. The van der Waals surface area contributed by atoms with E-state index >= 15 is 0 Å². The van der Waals surface area contributed by atoms with E-state index in [1.54, 1.807) is 18.6 Å². The number of hydrogen-bond acceptors (Lipinski definition) is 3. The van der Waals surface area contributed by atoms with E-state index in [9.17, 15) is 9.18 Å². The number of aromatic amines is 1. The van der Waals surface area contributed by atoms with Gasteiger partial charge in [-0.05, 0) is 44.4 Å². The van der Waals surface area contributed by atoms with Gasteiger partial charge in [0.2, 0.25) is 0 Å². The fraction of sp³-hybridized carbons (Fsp3) is 0.421. The van der Waals surface area contributed by atoms with Crippen LogP contribution in [0.15, 0.2) is 30.7 Å². The third-order valence-corrected chi connectivity index (χ3v) is 5.10. The molecule has 2 aromatic heterocycles. The van der Waals surface area contributed by atoms with Gasteiger partial charge in [0, 0.05) is 19.3 Å². The lowest BCUT2D eigenvalue weighted by atomic mass is 10.0. The van der Waals surface area contributed by atoms with Gasteiger partial charge in [0.25, 0.3) is 0 Å². The molecule has 2 N–H and O–H groups in total. The van der Waals surface area contributed by atoms with Crippen LogP contribution in [0.4, 0.5) is 9.18 Å². The lowest BCUT2D eigenvalue weighted by Gasteiger charge is -2.34. The number of aromatic nitrogens is 4. The SMILES string of the molecule is CCn1cncc1CNC(=O)N1CCCC[C@@H]1c1nc2ccc(F)cc2[nH]1. The van der Waals surface area contributed by atoms with Crippen molar-refractivity contribution in [3.8, 4) is 0 Å². The summed E-state index contributed by atoms with van der Waals surface area (Å²) in [4.78, 5) is 26.6. The van der Waals surface area contributed by atoms with Crippen molar-refractivity contribution in [2.45, 2.75) is 45.3 Å². The molecule has 0 saturated carbocycles. The van der Waals surface area contributed by atoms with Gasteiger partial charge >= 0.3 is 6.03 Å². The van der Waals surface area contributed by atoms with E-state index in [2.05, 4.69) is 20.3 Å². The zero-order valence-electron chi connectivity index (χ0n) is 15.3. The fourth-order valence-electron chi connectivity index (χ4n) is 3.67. The summed E-state index contributed by atoms with van der Waals surface area (Å²) in [6, 6.07) is 4.24. The molecular weight excluding hydrogens is 347 g/mol. The Bertz CT molecular complexity index is 949. The first-order chi connectivity index (χ1) is 13.2. The fourth-order valence-corrected chi connectivity index (χ4v) is 3.67. The molecule has 1 aromatic carbocycles. The maximum atomic E-state index is 13.5. The van der Waals surface area contributed by atoms with Crippen molar-refractivity contribution in [3.63, 3.8) is 0 Å². The molecular formula is C19H23FN6O. The number of piperidine rings is 1. The van der Waals surface area contributed by atoms with Gasteiger partial charge in [-0.25, -0.2) is 19.2 Å². The molecule has 1 saturated heterocycles. The van der Waals surface area contributed by atoms with Gasteiger partial charge in [-0.2, -0.15) is 0 Å². The number of imidazole rings is 2. The van der Waals surface area contributed by atoms with Crippen LogP contribution < -0.4 is 5.32 Å². The molecule has 0 bridgehead atoms. The average Bonchev–Trinajstić information content (AvgIpc) is 3.31. The predicted molar refractivity (Wildman–Crippen MR) is 99.5 cm³/mol. The molecule has 1 atom stereocenters. The summed E-state index contributed by atoms with van der Waals surface area (Å²) in [7, 11) is 0. The number of rotatable bonds is 4. The minimum Gasteiger partial charge on any atom is -0.340 e. The van der Waals surface area contributed by atoms with Crippen LogP contribution in [-0.2, 0) is 13.1 Å². The van der Waals surface area contributed by atoms with Crippen LogP contribution in [0, 0.1) is 5.82 Å². The van der Waals surface area contributed by atoms with Crippen LogP contribution >= 0.6 is 0 Å². The Kier molecular flexibility index (Phi) is 4.79. The number of fused-ring (bicyclic) bond motifs is 1. The van der Waals surface area contributed by atoms with Crippen molar-refractivity contribution in [3.05, 3.63) is 48.1 Å². The predicted octanol–water partition coefficient (Wildman–Crippen LogP) is 3.36. The number of urea groups is 1. The molecule has 4 rings (SSSR count). The minimum atomic E-state index is -0.302. The van der Waals surface area contributed by atoms with E-state index < -0.39 is 0 Å². The molecule has 0 radical (unpaired) electrons. The first-order valence-electron chi connectivity index (χ1n) is 9.34. The molecule has 7 nitrogen and oxygen atoms in total. The van der Waals surface area contributed by atoms with Gasteiger partial charge in [-0.3, -0.25) is 0 Å². The topological polar surface area (TPSA) is 78.8 Å². The zero-order valence-corrected chi connectivity index (χ0v) is 15.3. The van der Waals surface area contributed by atoms with Crippen molar-refractivity contribution >= 4 is 17.1 Å². The molecule has 8 heteroatoms. The van der Waals surface area contributed by atoms with Crippen molar-refractivity contribution in [1.82, 2.24) is 29.7 Å². The Morgan fingerprint density at radius 1 is 1.41 bits per heavy atom. The quantitative estimate of drug-likeness (QED) is 0.739. The maximum Gasteiger partial charge on any atom is 0.318 e. The molecule has 1 fully saturated rings. The highest BCUT2D eigenvalue weighted by molar-refractivity contribution is 5.76. The number of carbonyl (C=O) groups excluding carboxylic acids is 1. The summed E-state index contributed by atoms with van der Waals surface area (Å²) in [6.07, 6.45) is 6.36.